The lowest BCUT2D eigenvalue weighted by Gasteiger charge is -2.28. The molecule has 2 aromatic carbocycles. The Morgan fingerprint density at radius 3 is 2.33 bits per heavy atom. The molecule has 0 fully saturated rings. The number of hydrogen-bond donors (Lipinski definition) is 2. The van der Waals surface area contributed by atoms with Gasteiger partial charge in [0.15, 0.2) is 0 Å². The number of anilines is 2. The topological polar surface area (TPSA) is 75.4 Å². The maximum absolute atomic E-state index is 12.7. The van der Waals surface area contributed by atoms with Gasteiger partial charge in [-0.1, -0.05) is 43.3 Å². The smallest absolute Gasteiger partial charge is 0.246 e. The third-order valence-electron chi connectivity index (χ3n) is 4.34. The molecule has 0 heterocycles. The van der Waals surface area contributed by atoms with Gasteiger partial charge in [-0.2, -0.15) is 0 Å². The summed E-state index contributed by atoms with van der Waals surface area (Å²) in [5, 5.41) is 2.87. The summed E-state index contributed by atoms with van der Waals surface area (Å²) in [4.78, 5) is 26.9. The summed E-state index contributed by atoms with van der Waals surface area (Å²) < 4.78 is 0. The van der Waals surface area contributed by atoms with Crippen molar-refractivity contribution >= 4 is 35.6 Å². The van der Waals surface area contributed by atoms with E-state index in [0.717, 1.165) is 17.7 Å². The molecule has 0 aromatic heterocycles. The van der Waals surface area contributed by atoms with Crippen LogP contribution in [0.2, 0.25) is 0 Å². The van der Waals surface area contributed by atoms with Crippen molar-refractivity contribution in [3.63, 3.8) is 0 Å². The average molecular weight is 390 g/mol. The van der Waals surface area contributed by atoms with E-state index in [1.54, 1.807) is 11.8 Å². The minimum atomic E-state index is -0.532. The van der Waals surface area contributed by atoms with E-state index < -0.39 is 6.04 Å². The van der Waals surface area contributed by atoms with Gasteiger partial charge in [-0.25, -0.2) is 0 Å². The number of nitrogens with one attached hydrogen (secondary N) is 1. The third kappa shape index (κ3) is 6.61. The van der Waals surface area contributed by atoms with Crippen molar-refractivity contribution in [1.29, 1.82) is 0 Å². The molecule has 1 unspecified atom stereocenters. The van der Waals surface area contributed by atoms with Crippen LogP contribution in [-0.4, -0.2) is 29.3 Å². The number of nitrogens with two attached hydrogens (primary N) is 1. The van der Waals surface area contributed by atoms with Gasteiger partial charge in [-0.15, -0.1) is 12.4 Å². The fourth-order valence-corrected chi connectivity index (χ4v) is 2.83. The van der Waals surface area contributed by atoms with Crippen molar-refractivity contribution in [3.05, 3.63) is 60.2 Å². The molecule has 0 spiro atoms. The summed E-state index contributed by atoms with van der Waals surface area (Å²) in [6.45, 7) is 4.31. The zero-order chi connectivity index (χ0) is 18.9. The van der Waals surface area contributed by atoms with Crippen LogP contribution in [0, 0.1) is 0 Å². The summed E-state index contributed by atoms with van der Waals surface area (Å²) >= 11 is 0. The molecule has 2 rings (SSSR count). The van der Waals surface area contributed by atoms with Crippen molar-refractivity contribution in [2.45, 2.75) is 39.2 Å². The summed E-state index contributed by atoms with van der Waals surface area (Å²) in [6.07, 6.45) is 1.69. The molecule has 27 heavy (non-hydrogen) atoms. The number of amides is 2. The molecule has 0 bridgehead atoms. The van der Waals surface area contributed by atoms with Crippen LogP contribution in [-0.2, 0) is 16.0 Å². The average Bonchev–Trinajstić information content (AvgIpc) is 2.65. The lowest BCUT2D eigenvalue weighted by atomic mass is 10.1. The molecular formula is C21H28ClN3O2. The number of carbonyl (C=O) groups is 2. The molecule has 6 heteroatoms. The normalized spacial score (nSPS) is 11.2. The SMILES string of the molecule is CCCN(C(=O)CCc1ccccc1N)C(C)C(=O)Nc1ccccc1.Cl. The lowest BCUT2D eigenvalue weighted by Crippen LogP contribution is -2.46. The maximum Gasteiger partial charge on any atom is 0.246 e. The second kappa shape index (κ2) is 11.2. The van der Waals surface area contributed by atoms with E-state index in [4.69, 9.17) is 5.73 Å². The number of rotatable bonds is 8. The van der Waals surface area contributed by atoms with E-state index in [-0.39, 0.29) is 24.2 Å². The van der Waals surface area contributed by atoms with Gasteiger partial charge in [-0.05, 0) is 43.5 Å². The van der Waals surface area contributed by atoms with Crippen LogP contribution < -0.4 is 11.1 Å². The number of hydrogen-bond acceptors (Lipinski definition) is 3. The van der Waals surface area contributed by atoms with Crippen molar-refractivity contribution < 1.29 is 9.59 Å². The standard InChI is InChI=1S/C21H27N3O2.ClH/c1-3-15-24(16(2)21(26)23-18-10-5-4-6-11-18)20(25)14-13-17-9-7-8-12-19(17)22;/h4-12,16H,3,13-15,22H2,1-2H3,(H,23,26);1H. The predicted octanol–water partition coefficient (Wildman–Crippen LogP) is 3.89. The summed E-state index contributed by atoms with van der Waals surface area (Å²) in [5.74, 6) is -0.219. The second-order valence-corrected chi connectivity index (χ2v) is 6.32. The van der Waals surface area contributed by atoms with Crippen molar-refractivity contribution in [2.75, 3.05) is 17.6 Å². The first kappa shape index (κ1) is 22.5. The second-order valence-electron chi connectivity index (χ2n) is 6.32. The molecular weight excluding hydrogens is 362 g/mol. The van der Waals surface area contributed by atoms with Crippen molar-refractivity contribution in [1.82, 2.24) is 4.90 Å². The summed E-state index contributed by atoms with van der Waals surface area (Å²) in [6, 6.07) is 16.3. The molecule has 0 saturated heterocycles. The molecule has 2 amide bonds. The first-order valence-corrected chi connectivity index (χ1v) is 9.01. The number of carbonyl (C=O) groups excluding carboxylic acids is 2. The molecule has 1 atom stereocenters. The van der Waals surface area contributed by atoms with Crippen molar-refractivity contribution in [2.24, 2.45) is 0 Å². The van der Waals surface area contributed by atoms with E-state index >= 15 is 0 Å². The highest BCUT2D eigenvalue weighted by molar-refractivity contribution is 5.96. The Morgan fingerprint density at radius 1 is 1.07 bits per heavy atom. The zero-order valence-electron chi connectivity index (χ0n) is 15.9. The Balaban J connectivity index is 0.00000364. The van der Waals surface area contributed by atoms with Gasteiger partial charge in [0.25, 0.3) is 0 Å². The van der Waals surface area contributed by atoms with E-state index in [0.29, 0.717) is 25.1 Å². The molecule has 5 nitrogen and oxygen atoms in total. The molecule has 0 aliphatic heterocycles. The van der Waals surface area contributed by atoms with Crippen LogP contribution in [0.4, 0.5) is 11.4 Å². The van der Waals surface area contributed by atoms with Crippen LogP contribution >= 0.6 is 12.4 Å². The highest BCUT2D eigenvalue weighted by Gasteiger charge is 2.25. The Hall–Kier alpha value is -2.53. The number of para-hydroxylation sites is 2. The number of halogens is 1. The quantitative estimate of drug-likeness (QED) is 0.672. The maximum atomic E-state index is 12.7. The molecule has 3 N–H and O–H groups in total. The van der Waals surface area contributed by atoms with Gasteiger partial charge in [0.05, 0.1) is 0 Å². The number of aryl methyl sites for hydroxylation is 1. The fourth-order valence-electron chi connectivity index (χ4n) is 2.83. The highest BCUT2D eigenvalue weighted by Crippen LogP contribution is 2.15. The molecule has 0 aliphatic rings. The van der Waals surface area contributed by atoms with E-state index in [1.165, 1.54) is 0 Å². The molecule has 0 aliphatic carbocycles. The Kier molecular flexibility index (Phi) is 9.37. The van der Waals surface area contributed by atoms with Gasteiger partial charge >= 0.3 is 0 Å². The van der Waals surface area contributed by atoms with Gasteiger partial charge in [0, 0.05) is 24.3 Å². The fraction of sp³-hybridized carbons (Fsp3) is 0.333. The van der Waals surface area contributed by atoms with Crippen LogP contribution in [0.15, 0.2) is 54.6 Å². The molecule has 0 saturated carbocycles. The Labute approximate surface area is 167 Å². The Bertz CT molecular complexity index is 737. The third-order valence-corrected chi connectivity index (χ3v) is 4.34. The van der Waals surface area contributed by atoms with Crippen LogP contribution in [0.3, 0.4) is 0 Å². The molecule has 2 aromatic rings. The van der Waals surface area contributed by atoms with E-state index in [1.807, 2.05) is 61.5 Å². The number of nitrogens with zero attached hydrogens (tertiary/aromatic N) is 1. The first-order chi connectivity index (χ1) is 12.5. The highest BCUT2D eigenvalue weighted by atomic mass is 35.5. The molecule has 146 valence electrons. The van der Waals surface area contributed by atoms with Crippen LogP contribution in [0.5, 0.6) is 0 Å². The van der Waals surface area contributed by atoms with Gasteiger partial charge < -0.3 is 16.0 Å². The molecule has 0 radical (unpaired) electrons. The predicted molar refractivity (Wildman–Crippen MR) is 113 cm³/mol. The summed E-state index contributed by atoms with van der Waals surface area (Å²) in [5.41, 5.74) is 8.32. The minimum absolute atomic E-state index is 0. The monoisotopic (exact) mass is 389 g/mol. The van der Waals surface area contributed by atoms with Crippen molar-refractivity contribution in [3.8, 4) is 0 Å². The van der Waals surface area contributed by atoms with Gasteiger partial charge in [0.1, 0.15) is 6.04 Å². The van der Waals surface area contributed by atoms with E-state index in [2.05, 4.69) is 5.32 Å². The summed E-state index contributed by atoms with van der Waals surface area (Å²) in [7, 11) is 0. The first-order valence-electron chi connectivity index (χ1n) is 9.01. The zero-order valence-corrected chi connectivity index (χ0v) is 16.7. The number of benzene rings is 2. The minimum Gasteiger partial charge on any atom is -0.399 e. The van der Waals surface area contributed by atoms with Crippen LogP contribution in [0.1, 0.15) is 32.3 Å². The largest absolute Gasteiger partial charge is 0.399 e. The van der Waals surface area contributed by atoms with Gasteiger partial charge in [-0.3, -0.25) is 9.59 Å². The van der Waals surface area contributed by atoms with Crippen LogP contribution in [0.25, 0.3) is 0 Å². The lowest BCUT2D eigenvalue weighted by molar-refractivity contribution is -0.138. The van der Waals surface area contributed by atoms with E-state index in [9.17, 15) is 9.59 Å². The van der Waals surface area contributed by atoms with Gasteiger partial charge in [0.2, 0.25) is 11.8 Å². The Morgan fingerprint density at radius 2 is 1.70 bits per heavy atom. The number of nitrogen functional groups attached to an aromatic ring is 1.